The summed E-state index contributed by atoms with van der Waals surface area (Å²) in [5.41, 5.74) is 4.28. The second-order valence-corrected chi connectivity index (χ2v) is 9.07. The van der Waals surface area contributed by atoms with Crippen LogP contribution in [0.3, 0.4) is 0 Å². The number of halogens is 2. The maximum atomic E-state index is 13.7. The van der Waals surface area contributed by atoms with Crippen molar-refractivity contribution < 1.29 is 9.18 Å². The molecular formula is C26H25ClFN5O. The highest BCUT2D eigenvalue weighted by Gasteiger charge is 2.21. The van der Waals surface area contributed by atoms with Crippen LogP contribution >= 0.6 is 11.6 Å². The molecule has 3 heterocycles. The lowest BCUT2D eigenvalue weighted by atomic mass is 9.99. The highest BCUT2D eigenvalue weighted by molar-refractivity contribution is 6.33. The Kier molecular flexibility index (Phi) is 6.30. The summed E-state index contributed by atoms with van der Waals surface area (Å²) in [4.78, 5) is 21.6. The zero-order valence-corrected chi connectivity index (χ0v) is 19.6. The van der Waals surface area contributed by atoms with Crippen LogP contribution in [0.5, 0.6) is 0 Å². The van der Waals surface area contributed by atoms with E-state index < -0.39 is 0 Å². The van der Waals surface area contributed by atoms with Crippen molar-refractivity contribution in [1.82, 2.24) is 19.9 Å². The standard InChI is InChI=1S/C26H25ClFN5O/c1-16-31-23-8-7-18(11-24(23)33(16)15-17-4-2-6-20(28)10-17)21-12-25(30-14-22(21)27)32-26(34)19-5-3-9-29-13-19/h2,4,6-8,10-12,14,19,29H,3,5,9,13,15H2,1H3,(H,30,32,34). The zero-order valence-electron chi connectivity index (χ0n) is 18.8. The largest absolute Gasteiger partial charge is 0.324 e. The molecule has 2 aromatic carbocycles. The Hall–Kier alpha value is -3.29. The van der Waals surface area contributed by atoms with E-state index in [1.807, 2.05) is 31.2 Å². The molecule has 0 radical (unpaired) electrons. The minimum atomic E-state index is -0.262. The molecule has 2 N–H and O–H groups in total. The smallest absolute Gasteiger partial charge is 0.229 e. The summed E-state index contributed by atoms with van der Waals surface area (Å²) in [6, 6.07) is 14.3. The van der Waals surface area contributed by atoms with Gasteiger partial charge < -0.3 is 15.2 Å². The van der Waals surface area contributed by atoms with Crippen LogP contribution in [0.25, 0.3) is 22.2 Å². The summed E-state index contributed by atoms with van der Waals surface area (Å²) in [6.07, 6.45) is 3.41. The molecule has 1 saturated heterocycles. The van der Waals surface area contributed by atoms with Crippen LogP contribution in [0.4, 0.5) is 10.2 Å². The molecule has 34 heavy (non-hydrogen) atoms. The third-order valence-electron chi connectivity index (χ3n) is 6.25. The Morgan fingerprint density at radius 3 is 2.94 bits per heavy atom. The van der Waals surface area contributed by atoms with Gasteiger partial charge in [0.2, 0.25) is 5.91 Å². The van der Waals surface area contributed by atoms with Gasteiger partial charge in [0.1, 0.15) is 17.5 Å². The van der Waals surface area contributed by atoms with Gasteiger partial charge in [-0.1, -0.05) is 29.8 Å². The molecule has 0 spiro atoms. The summed E-state index contributed by atoms with van der Waals surface area (Å²) in [6.45, 7) is 4.07. The third kappa shape index (κ3) is 4.67. The molecular weight excluding hydrogens is 453 g/mol. The number of anilines is 1. The molecule has 2 aromatic heterocycles. The Balaban J connectivity index is 1.46. The van der Waals surface area contributed by atoms with Gasteiger partial charge in [-0.2, -0.15) is 0 Å². The van der Waals surface area contributed by atoms with Crippen molar-refractivity contribution in [1.29, 1.82) is 0 Å². The van der Waals surface area contributed by atoms with Crippen LogP contribution in [0, 0.1) is 18.7 Å². The number of amides is 1. The van der Waals surface area contributed by atoms with E-state index >= 15 is 0 Å². The lowest BCUT2D eigenvalue weighted by molar-refractivity contribution is -0.120. The predicted molar refractivity (Wildman–Crippen MR) is 132 cm³/mol. The summed E-state index contributed by atoms with van der Waals surface area (Å²) in [5.74, 6) is 0.951. The highest BCUT2D eigenvalue weighted by atomic mass is 35.5. The molecule has 174 valence electrons. The summed E-state index contributed by atoms with van der Waals surface area (Å²) >= 11 is 6.51. The van der Waals surface area contributed by atoms with E-state index in [2.05, 4.69) is 25.2 Å². The van der Waals surface area contributed by atoms with Crippen molar-refractivity contribution in [2.24, 2.45) is 5.92 Å². The fourth-order valence-electron chi connectivity index (χ4n) is 4.46. The van der Waals surface area contributed by atoms with Crippen molar-refractivity contribution in [2.75, 3.05) is 18.4 Å². The van der Waals surface area contributed by atoms with Gasteiger partial charge in [-0.3, -0.25) is 4.79 Å². The fourth-order valence-corrected chi connectivity index (χ4v) is 4.67. The summed E-state index contributed by atoms with van der Waals surface area (Å²) in [5, 5.41) is 6.69. The van der Waals surface area contributed by atoms with E-state index in [0.29, 0.717) is 23.9 Å². The number of carbonyl (C=O) groups is 1. The average Bonchev–Trinajstić information content (AvgIpc) is 3.15. The number of hydrogen-bond donors (Lipinski definition) is 2. The minimum Gasteiger partial charge on any atom is -0.324 e. The van der Waals surface area contributed by atoms with Crippen molar-refractivity contribution >= 4 is 34.4 Å². The van der Waals surface area contributed by atoms with Crippen molar-refractivity contribution in [3.63, 3.8) is 0 Å². The minimum absolute atomic E-state index is 0.0350. The number of fused-ring (bicyclic) bond motifs is 1. The molecule has 1 amide bonds. The number of hydrogen-bond acceptors (Lipinski definition) is 4. The Labute approximate surface area is 202 Å². The van der Waals surface area contributed by atoms with Crippen molar-refractivity contribution in [2.45, 2.75) is 26.3 Å². The number of carbonyl (C=O) groups excluding carboxylic acids is 1. The molecule has 1 aliphatic heterocycles. The van der Waals surface area contributed by atoms with Crippen molar-refractivity contribution in [3.05, 3.63) is 77.0 Å². The quantitative estimate of drug-likeness (QED) is 0.415. The molecule has 8 heteroatoms. The molecule has 1 unspecified atom stereocenters. The SMILES string of the molecule is Cc1nc2ccc(-c3cc(NC(=O)C4CCCNC4)ncc3Cl)cc2n1Cc1cccc(F)c1. The van der Waals surface area contributed by atoms with Gasteiger partial charge in [-0.15, -0.1) is 0 Å². The number of pyridine rings is 1. The number of aromatic nitrogens is 3. The van der Waals surface area contributed by atoms with Gasteiger partial charge in [-0.05, 0) is 67.8 Å². The Bertz CT molecular complexity index is 1360. The number of nitrogens with zero attached hydrogens (tertiary/aromatic N) is 3. The Morgan fingerprint density at radius 2 is 2.15 bits per heavy atom. The molecule has 1 fully saturated rings. The third-order valence-corrected chi connectivity index (χ3v) is 6.56. The van der Waals surface area contributed by atoms with E-state index in [4.69, 9.17) is 11.6 Å². The zero-order chi connectivity index (χ0) is 23.7. The van der Waals surface area contributed by atoms with E-state index in [1.165, 1.54) is 12.1 Å². The number of rotatable bonds is 5. The van der Waals surface area contributed by atoms with Gasteiger partial charge in [-0.25, -0.2) is 14.4 Å². The second-order valence-electron chi connectivity index (χ2n) is 8.66. The van der Waals surface area contributed by atoms with Gasteiger partial charge in [0.15, 0.2) is 0 Å². The number of piperidine rings is 1. The van der Waals surface area contributed by atoms with Gasteiger partial charge in [0, 0.05) is 24.8 Å². The monoisotopic (exact) mass is 477 g/mol. The van der Waals surface area contributed by atoms with Crippen LogP contribution < -0.4 is 10.6 Å². The normalized spacial score (nSPS) is 16.0. The number of benzene rings is 2. The number of nitrogens with one attached hydrogen (secondary N) is 2. The lowest BCUT2D eigenvalue weighted by Gasteiger charge is -2.21. The number of aryl methyl sites for hydroxylation is 1. The first-order valence-corrected chi connectivity index (χ1v) is 11.7. The van der Waals surface area contributed by atoms with Gasteiger partial charge in [0.25, 0.3) is 0 Å². The Morgan fingerprint density at radius 1 is 1.26 bits per heavy atom. The highest BCUT2D eigenvalue weighted by Crippen LogP contribution is 2.32. The maximum Gasteiger partial charge on any atom is 0.229 e. The molecule has 0 aliphatic carbocycles. The maximum absolute atomic E-state index is 13.7. The van der Waals surface area contributed by atoms with E-state index in [-0.39, 0.29) is 17.6 Å². The number of imidazole rings is 1. The first kappa shape index (κ1) is 22.5. The first-order chi connectivity index (χ1) is 16.5. The molecule has 6 nitrogen and oxygen atoms in total. The van der Waals surface area contributed by atoms with Gasteiger partial charge in [0.05, 0.1) is 22.0 Å². The van der Waals surface area contributed by atoms with Crippen molar-refractivity contribution in [3.8, 4) is 11.1 Å². The molecule has 0 bridgehead atoms. The van der Waals surface area contributed by atoms with E-state index in [0.717, 1.165) is 52.9 Å². The summed E-state index contributed by atoms with van der Waals surface area (Å²) < 4.78 is 15.8. The van der Waals surface area contributed by atoms with Crippen LogP contribution in [-0.2, 0) is 11.3 Å². The van der Waals surface area contributed by atoms with E-state index in [1.54, 1.807) is 18.3 Å². The summed E-state index contributed by atoms with van der Waals surface area (Å²) in [7, 11) is 0. The van der Waals surface area contributed by atoms with Gasteiger partial charge >= 0.3 is 0 Å². The van der Waals surface area contributed by atoms with Crippen LogP contribution in [0.2, 0.25) is 5.02 Å². The molecule has 4 aromatic rings. The average molecular weight is 478 g/mol. The topological polar surface area (TPSA) is 71.8 Å². The lowest BCUT2D eigenvalue weighted by Crippen LogP contribution is -2.37. The molecule has 1 atom stereocenters. The van der Waals surface area contributed by atoms with Crippen LogP contribution in [0.15, 0.2) is 54.7 Å². The molecule has 5 rings (SSSR count). The fraction of sp³-hybridized carbons (Fsp3) is 0.269. The molecule has 0 saturated carbocycles. The molecule has 1 aliphatic rings. The first-order valence-electron chi connectivity index (χ1n) is 11.4. The second kappa shape index (κ2) is 9.52. The van der Waals surface area contributed by atoms with E-state index in [9.17, 15) is 9.18 Å². The van der Waals surface area contributed by atoms with Crippen LogP contribution in [-0.4, -0.2) is 33.5 Å². The predicted octanol–water partition coefficient (Wildman–Crippen LogP) is 5.19. The van der Waals surface area contributed by atoms with Crippen LogP contribution in [0.1, 0.15) is 24.2 Å².